The molecule has 2 atom stereocenters. The van der Waals surface area contributed by atoms with E-state index < -0.39 is 17.7 Å². The predicted molar refractivity (Wildman–Crippen MR) is 101 cm³/mol. The fourth-order valence-electron chi connectivity index (χ4n) is 4.25. The number of esters is 1. The minimum absolute atomic E-state index is 0.0975. The number of ether oxygens (including phenoxy) is 1. The Morgan fingerprint density at radius 2 is 2.11 bits per heavy atom. The Labute approximate surface area is 159 Å². The van der Waals surface area contributed by atoms with E-state index in [0.29, 0.717) is 40.0 Å². The highest BCUT2D eigenvalue weighted by molar-refractivity contribution is 5.89. The van der Waals surface area contributed by atoms with Crippen LogP contribution in [0.2, 0.25) is 0 Å². The fourth-order valence-corrected chi connectivity index (χ4v) is 4.25. The lowest BCUT2D eigenvalue weighted by molar-refractivity contribution is -0.177. The minimum atomic E-state index is -1.85. The van der Waals surface area contributed by atoms with Crippen molar-refractivity contribution in [3.05, 3.63) is 57.4 Å². The first kappa shape index (κ1) is 16.9. The third-order valence-corrected chi connectivity index (χ3v) is 5.81. The van der Waals surface area contributed by atoms with Gasteiger partial charge in [-0.05, 0) is 37.6 Å². The van der Waals surface area contributed by atoms with E-state index in [9.17, 15) is 19.8 Å². The van der Waals surface area contributed by atoms with Gasteiger partial charge in [-0.2, -0.15) is 0 Å². The second kappa shape index (κ2) is 5.42. The van der Waals surface area contributed by atoms with Gasteiger partial charge in [0.15, 0.2) is 5.60 Å². The maximum Gasteiger partial charge on any atom is 0.343 e. The normalized spacial score (nSPS) is 22.5. The minimum Gasteiger partial charge on any atom is -0.507 e. The van der Waals surface area contributed by atoms with Crippen molar-refractivity contribution in [2.24, 2.45) is 0 Å². The van der Waals surface area contributed by atoms with Gasteiger partial charge in [-0.15, -0.1) is 0 Å². The van der Waals surface area contributed by atoms with Crippen molar-refractivity contribution in [1.82, 2.24) is 9.55 Å². The van der Waals surface area contributed by atoms with Crippen molar-refractivity contribution < 1.29 is 19.7 Å². The summed E-state index contributed by atoms with van der Waals surface area (Å²) >= 11 is 0. The Morgan fingerprint density at radius 1 is 1.32 bits per heavy atom. The Bertz CT molecular complexity index is 1250. The molecule has 2 N–H and O–H groups in total. The Hall–Kier alpha value is -3.19. The number of hydrogen-bond acceptors (Lipinski definition) is 6. The molecule has 2 aliphatic rings. The number of aromatic hydroxyl groups is 1. The first-order valence-electron chi connectivity index (χ1n) is 9.18. The summed E-state index contributed by atoms with van der Waals surface area (Å²) < 4.78 is 6.85. The number of cyclic esters (lactones) is 1. The third kappa shape index (κ3) is 1.99. The molecule has 0 spiro atoms. The average Bonchev–Trinajstić information content (AvgIpc) is 3.03. The zero-order chi connectivity index (χ0) is 19.8. The second-order valence-corrected chi connectivity index (χ2v) is 7.35. The molecule has 0 fully saturated rings. The van der Waals surface area contributed by atoms with E-state index in [1.807, 2.05) is 6.07 Å². The van der Waals surface area contributed by atoms with Gasteiger partial charge < -0.3 is 19.5 Å². The molecule has 0 saturated carbocycles. The second-order valence-electron chi connectivity index (χ2n) is 7.35. The van der Waals surface area contributed by atoms with E-state index >= 15 is 0 Å². The summed E-state index contributed by atoms with van der Waals surface area (Å²) in [5, 5.41) is 21.7. The van der Waals surface area contributed by atoms with Crippen LogP contribution in [-0.2, 0) is 21.7 Å². The number of pyridine rings is 2. The topological polar surface area (TPSA) is 102 Å². The maximum atomic E-state index is 13.2. The van der Waals surface area contributed by atoms with Crippen LogP contribution in [0.1, 0.15) is 43.1 Å². The highest BCUT2D eigenvalue weighted by atomic mass is 16.6. The molecular formula is C21H18N2O5. The molecule has 0 amide bonds. The standard InChI is InChI=1S/C21H18N2O5/c1-3-21(27)13-8-15-18-11(7-12-14(22-18)5-4-6-16(12)24)9-23(15)19(25)17(13)10(2)28-20(21)26/h4-8,10,24,27H,3,9H2,1-2H3/t10?,21-/m0/s1. The molecule has 5 rings (SSSR count). The Kier molecular flexibility index (Phi) is 3.28. The van der Waals surface area contributed by atoms with Gasteiger partial charge in [-0.1, -0.05) is 13.0 Å². The molecule has 0 radical (unpaired) electrons. The van der Waals surface area contributed by atoms with Crippen LogP contribution in [0.4, 0.5) is 0 Å². The lowest BCUT2D eigenvalue weighted by Crippen LogP contribution is -2.45. The number of carbonyl (C=O) groups excluding carboxylic acids is 1. The first-order valence-corrected chi connectivity index (χ1v) is 9.18. The molecule has 1 unspecified atom stereocenters. The van der Waals surface area contributed by atoms with E-state index in [4.69, 9.17) is 4.74 Å². The van der Waals surface area contributed by atoms with E-state index in [0.717, 1.165) is 5.56 Å². The summed E-state index contributed by atoms with van der Waals surface area (Å²) in [6, 6.07) is 8.60. The quantitative estimate of drug-likeness (QED) is 0.493. The summed E-state index contributed by atoms with van der Waals surface area (Å²) in [5.74, 6) is -0.614. The number of carbonyl (C=O) groups is 1. The summed E-state index contributed by atoms with van der Waals surface area (Å²) in [6.45, 7) is 3.61. The number of aliphatic hydroxyl groups is 1. The van der Waals surface area contributed by atoms with Gasteiger partial charge in [0.1, 0.15) is 11.9 Å². The van der Waals surface area contributed by atoms with Gasteiger partial charge in [-0.3, -0.25) is 4.79 Å². The highest BCUT2D eigenvalue weighted by Crippen LogP contribution is 2.42. The van der Waals surface area contributed by atoms with Crippen LogP contribution in [0.15, 0.2) is 35.1 Å². The van der Waals surface area contributed by atoms with Crippen LogP contribution < -0.4 is 5.56 Å². The molecule has 28 heavy (non-hydrogen) atoms. The molecule has 2 aromatic heterocycles. The molecule has 4 heterocycles. The van der Waals surface area contributed by atoms with Crippen LogP contribution >= 0.6 is 0 Å². The number of aromatic nitrogens is 2. The molecule has 0 bridgehead atoms. The SMILES string of the molecule is CC[C@@]1(O)C(=O)OC(C)c2c1cc1n(c2=O)Cc2cc3c(O)cccc3nc2-1. The van der Waals surface area contributed by atoms with Crippen molar-refractivity contribution in [2.45, 2.75) is 38.5 Å². The van der Waals surface area contributed by atoms with E-state index in [-0.39, 0.29) is 17.7 Å². The van der Waals surface area contributed by atoms with E-state index in [1.54, 1.807) is 42.7 Å². The molecule has 1 aromatic carbocycles. The Balaban J connectivity index is 1.83. The van der Waals surface area contributed by atoms with Crippen LogP contribution in [0.3, 0.4) is 0 Å². The van der Waals surface area contributed by atoms with Crippen molar-refractivity contribution in [1.29, 1.82) is 0 Å². The number of nitrogens with zero attached hydrogens (tertiary/aromatic N) is 2. The molecule has 142 valence electrons. The van der Waals surface area contributed by atoms with E-state index in [2.05, 4.69) is 4.98 Å². The largest absolute Gasteiger partial charge is 0.507 e. The molecule has 3 aromatic rings. The number of fused-ring (bicyclic) bond motifs is 5. The van der Waals surface area contributed by atoms with Crippen molar-refractivity contribution in [3.63, 3.8) is 0 Å². The van der Waals surface area contributed by atoms with Gasteiger partial charge in [0.25, 0.3) is 5.56 Å². The number of phenols is 1. The lowest BCUT2D eigenvalue weighted by Gasteiger charge is -2.34. The summed E-state index contributed by atoms with van der Waals surface area (Å²) in [5.41, 5.74) is 1.01. The van der Waals surface area contributed by atoms with Crippen LogP contribution in [-0.4, -0.2) is 25.7 Å². The predicted octanol–water partition coefficient (Wildman–Crippen LogP) is 2.35. The van der Waals surface area contributed by atoms with Gasteiger partial charge in [0.05, 0.1) is 29.0 Å². The first-order chi connectivity index (χ1) is 13.3. The average molecular weight is 378 g/mol. The van der Waals surface area contributed by atoms with Crippen LogP contribution in [0.25, 0.3) is 22.3 Å². The zero-order valence-electron chi connectivity index (χ0n) is 15.4. The number of rotatable bonds is 1. The monoisotopic (exact) mass is 378 g/mol. The lowest BCUT2D eigenvalue weighted by atomic mass is 9.84. The van der Waals surface area contributed by atoms with Gasteiger partial charge in [0, 0.05) is 16.5 Å². The molecule has 0 saturated heterocycles. The highest BCUT2D eigenvalue weighted by Gasteiger charge is 2.47. The summed E-state index contributed by atoms with van der Waals surface area (Å²) in [7, 11) is 0. The van der Waals surface area contributed by atoms with E-state index in [1.165, 1.54) is 0 Å². The number of hydrogen-bond donors (Lipinski definition) is 2. The van der Waals surface area contributed by atoms with Crippen molar-refractivity contribution >= 4 is 16.9 Å². The maximum absolute atomic E-state index is 13.2. The van der Waals surface area contributed by atoms with Crippen LogP contribution in [0, 0.1) is 0 Å². The molecule has 7 heteroatoms. The van der Waals surface area contributed by atoms with Crippen molar-refractivity contribution in [3.8, 4) is 17.1 Å². The summed E-state index contributed by atoms with van der Waals surface area (Å²) in [6.07, 6.45) is -0.639. The number of phenolic OH excluding ortho intramolecular Hbond substituents is 1. The van der Waals surface area contributed by atoms with Gasteiger partial charge >= 0.3 is 5.97 Å². The molecule has 0 aliphatic carbocycles. The van der Waals surface area contributed by atoms with Crippen molar-refractivity contribution in [2.75, 3.05) is 0 Å². The van der Waals surface area contributed by atoms with Gasteiger partial charge in [-0.25, -0.2) is 9.78 Å². The molecule has 2 aliphatic heterocycles. The van der Waals surface area contributed by atoms with Crippen LogP contribution in [0.5, 0.6) is 5.75 Å². The third-order valence-electron chi connectivity index (χ3n) is 5.81. The zero-order valence-corrected chi connectivity index (χ0v) is 15.4. The number of benzene rings is 1. The molecule has 7 nitrogen and oxygen atoms in total. The van der Waals surface area contributed by atoms with Gasteiger partial charge in [0.2, 0.25) is 0 Å². The molecular weight excluding hydrogens is 360 g/mol. The fraction of sp³-hybridized carbons (Fsp3) is 0.286. The Morgan fingerprint density at radius 3 is 2.86 bits per heavy atom. The summed E-state index contributed by atoms with van der Waals surface area (Å²) in [4.78, 5) is 30.2. The smallest absolute Gasteiger partial charge is 0.343 e.